The SMILES string of the molecule is CC(c1cc(F)ccc1F)N(C)CCC(=O)Nc1cc(S(=O)(=O)N(C)C)ccc1Cl. The lowest BCUT2D eigenvalue weighted by atomic mass is 10.1. The molecule has 1 atom stereocenters. The molecule has 10 heteroatoms. The van der Waals surface area contributed by atoms with E-state index in [2.05, 4.69) is 5.32 Å². The Labute approximate surface area is 180 Å². The predicted octanol–water partition coefficient (Wildman–Crippen LogP) is 3.89. The highest BCUT2D eigenvalue weighted by molar-refractivity contribution is 7.89. The van der Waals surface area contributed by atoms with Crippen LogP contribution < -0.4 is 5.32 Å². The Balaban J connectivity index is 2.05. The first kappa shape index (κ1) is 24.2. The molecule has 2 aromatic rings. The second kappa shape index (κ2) is 9.82. The molecule has 0 aliphatic rings. The lowest BCUT2D eigenvalue weighted by Gasteiger charge is -2.25. The van der Waals surface area contributed by atoms with Crippen molar-refractivity contribution in [3.63, 3.8) is 0 Å². The first-order valence-corrected chi connectivity index (χ1v) is 10.9. The molecule has 0 aliphatic heterocycles. The van der Waals surface area contributed by atoms with Crippen LogP contribution in [-0.4, -0.2) is 51.2 Å². The first-order valence-electron chi connectivity index (χ1n) is 9.10. The van der Waals surface area contributed by atoms with Crippen LogP contribution in [0.4, 0.5) is 14.5 Å². The van der Waals surface area contributed by atoms with Crippen molar-refractivity contribution in [1.29, 1.82) is 0 Å². The molecule has 0 aromatic heterocycles. The molecule has 1 amide bonds. The standard InChI is InChI=1S/C20H24ClF2N3O3S/c1-13(16-11-14(22)5-8-18(16)23)26(4)10-9-20(27)24-19-12-15(6-7-17(19)21)30(28,29)25(2)3/h5-8,11-13H,9-10H2,1-4H3,(H,24,27). The topological polar surface area (TPSA) is 69.7 Å². The van der Waals surface area contributed by atoms with Crippen molar-refractivity contribution in [2.45, 2.75) is 24.3 Å². The number of sulfonamides is 1. The zero-order valence-corrected chi connectivity index (χ0v) is 18.7. The van der Waals surface area contributed by atoms with Crippen LogP contribution in [0, 0.1) is 11.6 Å². The zero-order valence-electron chi connectivity index (χ0n) is 17.1. The van der Waals surface area contributed by atoms with E-state index in [1.165, 1.54) is 32.3 Å². The summed E-state index contributed by atoms with van der Waals surface area (Å²) in [6, 6.07) is 6.85. The molecule has 0 spiro atoms. The van der Waals surface area contributed by atoms with Crippen molar-refractivity contribution in [3.05, 3.63) is 58.6 Å². The van der Waals surface area contributed by atoms with Crippen LogP contribution in [-0.2, 0) is 14.8 Å². The number of carbonyl (C=O) groups excluding carboxylic acids is 1. The van der Waals surface area contributed by atoms with Gasteiger partial charge in [0.1, 0.15) is 11.6 Å². The summed E-state index contributed by atoms with van der Waals surface area (Å²) in [6.45, 7) is 1.97. The van der Waals surface area contributed by atoms with E-state index in [9.17, 15) is 22.0 Å². The minimum Gasteiger partial charge on any atom is -0.325 e. The maximum atomic E-state index is 14.0. The van der Waals surface area contributed by atoms with Crippen LogP contribution in [0.5, 0.6) is 0 Å². The zero-order chi connectivity index (χ0) is 22.6. The molecule has 0 fully saturated rings. The molecule has 0 saturated carbocycles. The number of benzene rings is 2. The Hall–Kier alpha value is -2.07. The summed E-state index contributed by atoms with van der Waals surface area (Å²) in [5, 5.41) is 2.80. The van der Waals surface area contributed by atoms with Crippen LogP contribution in [0.2, 0.25) is 5.02 Å². The Kier molecular flexibility index (Phi) is 7.93. The fourth-order valence-electron chi connectivity index (χ4n) is 2.73. The lowest BCUT2D eigenvalue weighted by Crippen LogP contribution is -2.27. The summed E-state index contributed by atoms with van der Waals surface area (Å²) in [7, 11) is 0.823. The van der Waals surface area contributed by atoms with E-state index in [4.69, 9.17) is 11.6 Å². The smallest absolute Gasteiger partial charge is 0.242 e. The molecule has 1 N–H and O–H groups in total. The largest absolute Gasteiger partial charge is 0.325 e. The van der Waals surface area contributed by atoms with Crippen LogP contribution in [0.25, 0.3) is 0 Å². The molecule has 1 unspecified atom stereocenters. The summed E-state index contributed by atoms with van der Waals surface area (Å²) >= 11 is 6.08. The third-order valence-corrected chi connectivity index (χ3v) is 6.89. The molecule has 0 saturated heterocycles. The Morgan fingerprint density at radius 3 is 2.43 bits per heavy atom. The maximum absolute atomic E-state index is 14.0. The molecular formula is C20H24ClF2N3O3S. The maximum Gasteiger partial charge on any atom is 0.242 e. The van der Waals surface area contributed by atoms with E-state index in [1.54, 1.807) is 18.9 Å². The minimum atomic E-state index is -3.68. The van der Waals surface area contributed by atoms with Gasteiger partial charge < -0.3 is 5.32 Å². The number of amides is 1. The van der Waals surface area contributed by atoms with Gasteiger partial charge in [0, 0.05) is 38.7 Å². The molecule has 164 valence electrons. The van der Waals surface area contributed by atoms with E-state index >= 15 is 0 Å². The average molecular weight is 460 g/mol. The van der Waals surface area contributed by atoms with Crippen LogP contribution in [0.1, 0.15) is 24.9 Å². The van der Waals surface area contributed by atoms with E-state index in [-0.39, 0.29) is 34.1 Å². The molecule has 0 radical (unpaired) electrons. The van der Waals surface area contributed by atoms with Crippen molar-refractivity contribution < 1.29 is 22.0 Å². The van der Waals surface area contributed by atoms with Crippen molar-refractivity contribution in [3.8, 4) is 0 Å². The average Bonchev–Trinajstić information content (AvgIpc) is 2.68. The highest BCUT2D eigenvalue weighted by Gasteiger charge is 2.20. The van der Waals surface area contributed by atoms with Gasteiger partial charge in [-0.3, -0.25) is 9.69 Å². The van der Waals surface area contributed by atoms with Crippen LogP contribution in [0.15, 0.2) is 41.3 Å². The van der Waals surface area contributed by atoms with Gasteiger partial charge in [0.15, 0.2) is 0 Å². The van der Waals surface area contributed by atoms with Crippen molar-refractivity contribution in [2.75, 3.05) is 33.0 Å². The molecule has 0 bridgehead atoms. The van der Waals surface area contributed by atoms with Gasteiger partial charge in [0.05, 0.1) is 15.6 Å². The van der Waals surface area contributed by atoms with Crippen molar-refractivity contribution in [1.82, 2.24) is 9.21 Å². The summed E-state index contributed by atoms with van der Waals surface area (Å²) in [6.07, 6.45) is 0.0404. The third-order valence-electron chi connectivity index (χ3n) is 4.75. The molecule has 2 aromatic carbocycles. The molecule has 30 heavy (non-hydrogen) atoms. The number of hydrogen-bond acceptors (Lipinski definition) is 4. The van der Waals surface area contributed by atoms with E-state index < -0.39 is 33.6 Å². The second-order valence-corrected chi connectivity index (χ2v) is 9.61. The first-order chi connectivity index (χ1) is 13.9. The van der Waals surface area contributed by atoms with Crippen LogP contribution >= 0.6 is 11.6 Å². The number of nitrogens with zero attached hydrogens (tertiary/aromatic N) is 2. The van der Waals surface area contributed by atoms with Crippen molar-refractivity contribution >= 4 is 33.2 Å². The minimum absolute atomic E-state index is 0.000445. The summed E-state index contributed by atoms with van der Waals surface area (Å²) < 4.78 is 53.0. The summed E-state index contributed by atoms with van der Waals surface area (Å²) in [5.41, 5.74) is 0.374. The third kappa shape index (κ3) is 5.75. The molecular weight excluding hydrogens is 436 g/mol. The highest BCUT2D eigenvalue weighted by atomic mass is 35.5. The summed E-state index contributed by atoms with van der Waals surface area (Å²) in [5.74, 6) is -1.45. The molecule has 6 nitrogen and oxygen atoms in total. The number of rotatable bonds is 8. The normalized spacial score (nSPS) is 13.0. The Bertz CT molecular complexity index is 1030. The van der Waals surface area contributed by atoms with Gasteiger partial charge in [-0.2, -0.15) is 0 Å². The summed E-state index contributed by atoms with van der Waals surface area (Å²) in [4.78, 5) is 14.1. The Morgan fingerprint density at radius 1 is 1.13 bits per heavy atom. The van der Waals surface area contributed by atoms with Gasteiger partial charge in [-0.05, 0) is 50.4 Å². The highest BCUT2D eigenvalue weighted by Crippen LogP contribution is 2.27. The van der Waals surface area contributed by atoms with Gasteiger partial charge in [-0.15, -0.1) is 0 Å². The molecule has 0 aliphatic carbocycles. The van der Waals surface area contributed by atoms with E-state index in [0.29, 0.717) is 0 Å². The van der Waals surface area contributed by atoms with E-state index in [1.807, 2.05) is 0 Å². The number of nitrogens with one attached hydrogen (secondary N) is 1. The lowest BCUT2D eigenvalue weighted by molar-refractivity contribution is -0.116. The molecule has 0 heterocycles. The van der Waals surface area contributed by atoms with Gasteiger partial charge in [-0.25, -0.2) is 21.5 Å². The van der Waals surface area contributed by atoms with Gasteiger partial charge in [0.25, 0.3) is 0 Å². The fraction of sp³-hybridized carbons (Fsp3) is 0.350. The predicted molar refractivity (Wildman–Crippen MR) is 113 cm³/mol. The fourth-order valence-corrected chi connectivity index (χ4v) is 3.82. The van der Waals surface area contributed by atoms with Gasteiger partial charge in [-0.1, -0.05) is 11.6 Å². The Morgan fingerprint density at radius 2 is 1.80 bits per heavy atom. The number of anilines is 1. The van der Waals surface area contributed by atoms with Crippen molar-refractivity contribution in [2.24, 2.45) is 0 Å². The number of hydrogen-bond donors (Lipinski definition) is 1. The number of carbonyl (C=O) groups is 1. The number of halogens is 3. The second-order valence-electron chi connectivity index (χ2n) is 7.05. The molecule has 2 rings (SSSR count). The monoisotopic (exact) mass is 459 g/mol. The van der Waals surface area contributed by atoms with Gasteiger partial charge in [0.2, 0.25) is 15.9 Å². The van der Waals surface area contributed by atoms with E-state index in [0.717, 1.165) is 22.5 Å². The quantitative estimate of drug-likeness (QED) is 0.650. The van der Waals surface area contributed by atoms with Crippen LogP contribution in [0.3, 0.4) is 0 Å². The van der Waals surface area contributed by atoms with Gasteiger partial charge >= 0.3 is 0 Å².